The van der Waals surface area contributed by atoms with E-state index in [1.165, 1.54) is 0 Å². The van der Waals surface area contributed by atoms with E-state index in [2.05, 4.69) is 10.3 Å². The number of benzene rings is 1. The van der Waals surface area contributed by atoms with Gasteiger partial charge in [-0.15, -0.1) is 0 Å². The summed E-state index contributed by atoms with van der Waals surface area (Å²) in [4.78, 5) is 27.9. The summed E-state index contributed by atoms with van der Waals surface area (Å²) in [6.07, 6.45) is -2.32. The fourth-order valence-electron chi connectivity index (χ4n) is 2.42. The van der Waals surface area contributed by atoms with Crippen molar-refractivity contribution in [1.82, 2.24) is 9.55 Å². The number of nitrogens with zero attached hydrogens (tertiary/aromatic N) is 2. The summed E-state index contributed by atoms with van der Waals surface area (Å²) in [5.41, 5.74) is -0.312. The highest BCUT2D eigenvalue weighted by Crippen LogP contribution is 2.28. The van der Waals surface area contributed by atoms with Crippen LogP contribution in [0.1, 0.15) is 11.1 Å². The predicted octanol–water partition coefficient (Wildman–Crippen LogP) is 4.00. The van der Waals surface area contributed by atoms with Crippen LogP contribution in [-0.4, -0.2) is 15.5 Å². The Labute approximate surface area is 163 Å². The molecule has 3 rings (SSSR count). The van der Waals surface area contributed by atoms with E-state index in [0.717, 1.165) is 11.6 Å². The van der Waals surface area contributed by atoms with Crippen molar-refractivity contribution in [1.29, 1.82) is 0 Å². The van der Waals surface area contributed by atoms with E-state index in [-0.39, 0.29) is 0 Å². The Kier molecular flexibility index (Phi) is 5.67. The van der Waals surface area contributed by atoms with Crippen LogP contribution in [0.5, 0.6) is 11.6 Å². The lowest BCUT2D eigenvalue weighted by Gasteiger charge is -2.11. The molecule has 0 saturated heterocycles. The number of aromatic nitrogens is 2. The molecule has 0 aliphatic rings. The molecule has 0 spiro atoms. The maximum absolute atomic E-state index is 12.8. The van der Waals surface area contributed by atoms with Gasteiger partial charge in [0.15, 0.2) is 0 Å². The number of nitrogens with one attached hydrogen (secondary N) is 1. The van der Waals surface area contributed by atoms with Gasteiger partial charge in [-0.1, -0.05) is 6.07 Å². The van der Waals surface area contributed by atoms with Gasteiger partial charge in [0, 0.05) is 30.2 Å². The van der Waals surface area contributed by atoms with Crippen molar-refractivity contribution >= 4 is 11.6 Å². The Balaban J connectivity index is 1.64. The molecule has 9 heteroatoms. The van der Waals surface area contributed by atoms with Crippen LogP contribution in [0.15, 0.2) is 65.7 Å². The average molecular weight is 403 g/mol. The Hall–Kier alpha value is -3.62. The monoisotopic (exact) mass is 403 g/mol. The minimum absolute atomic E-state index is 0.402. The van der Waals surface area contributed by atoms with Crippen molar-refractivity contribution in [2.75, 3.05) is 5.32 Å². The van der Waals surface area contributed by atoms with E-state index in [0.29, 0.717) is 34.1 Å². The first kappa shape index (κ1) is 20.1. The number of alkyl halides is 3. The average Bonchev–Trinajstić information content (AvgIpc) is 2.66. The number of halogens is 3. The van der Waals surface area contributed by atoms with E-state index in [9.17, 15) is 22.8 Å². The molecule has 0 radical (unpaired) electrons. The van der Waals surface area contributed by atoms with Crippen LogP contribution in [0.2, 0.25) is 0 Å². The number of rotatable bonds is 5. The lowest BCUT2D eigenvalue weighted by molar-refractivity contribution is -0.138. The van der Waals surface area contributed by atoms with Gasteiger partial charge in [0.05, 0.1) is 5.56 Å². The number of carbonyl (C=O) groups is 1. The molecule has 0 fully saturated rings. The Bertz CT molecular complexity index is 1060. The maximum atomic E-state index is 12.8. The number of ether oxygens (including phenoxy) is 1. The summed E-state index contributed by atoms with van der Waals surface area (Å²) in [5, 5.41) is 2.52. The van der Waals surface area contributed by atoms with Crippen LogP contribution in [0, 0.1) is 6.92 Å². The zero-order valence-electron chi connectivity index (χ0n) is 15.2. The minimum atomic E-state index is -4.60. The summed E-state index contributed by atoms with van der Waals surface area (Å²) in [5.74, 6) is 0.269. The van der Waals surface area contributed by atoms with Crippen molar-refractivity contribution in [2.45, 2.75) is 19.6 Å². The Morgan fingerprint density at radius 3 is 2.45 bits per heavy atom. The molecule has 1 N–H and O–H groups in total. The van der Waals surface area contributed by atoms with E-state index >= 15 is 0 Å². The molecular weight excluding hydrogens is 387 g/mol. The number of hydrogen-bond acceptors (Lipinski definition) is 4. The van der Waals surface area contributed by atoms with Crippen LogP contribution in [0.25, 0.3) is 0 Å². The normalized spacial score (nSPS) is 11.2. The first-order valence-electron chi connectivity index (χ1n) is 8.49. The van der Waals surface area contributed by atoms with Gasteiger partial charge in [-0.25, -0.2) is 4.98 Å². The van der Waals surface area contributed by atoms with Gasteiger partial charge >= 0.3 is 6.18 Å². The predicted molar refractivity (Wildman–Crippen MR) is 99.8 cm³/mol. The summed E-state index contributed by atoms with van der Waals surface area (Å²) in [6.45, 7) is 1.36. The van der Waals surface area contributed by atoms with Crippen LogP contribution >= 0.6 is 0 Å². The fraction of sp³-hybridized carbons (Fsp3) is 0.150. The van der Waals surface area contributed by atoms with E-state index < -0.39 is 29.8 Å². The molecule has 0 aliphatic heterocycles. The summed E-state index contributed by atoms with van der Waals surface area (Å²) in [7, 11) is 0. The molecular formula is C20H16F3N3O3. The molecule has 0 bridgehead atoms. The van der Waals surface area contributed by atoms with Gasteiger partial charge in [0.2, 0.25) is 11.8 Å². The smallest absolute Gasteiger partial charge is 0.417 e. The topological polar surface area (TPSA) is 73.2 Å². The molecule has 0 unspecified atom stereocenters. The maximum Gasteiger partial charge on any atom is 0.417 e. The van der Waals surface area contributed by atoms with Crippen molar-refractivity contribution in [2.24, 2.45) is 0 Å². The molecule has 2 heterocycles. The van der Waals surface area contributed by atoms with Crippen molar-refractivity contribution in [3.05, 3.63) is 82.4 Å². The molecule has 6 nitrogen and oxygen atoms in total. The third kappa shape index (κ3) is 5.44. The largest absolute Gasteiger partial charge is 0.439 e. The highest BCUT2D eigenvalue weighted by atomic mass is 19.4. The summed E-state index contributed by atoms with van der Waals surface area (Å²) in [6, 6.07) is 11.4. The number of carbonyl (C=O) groups excluding carboxylic acids is 1. The SMILES string of the molecule is Cc1ccc(Oc2ccc(NC(=O)Cn3cc(C(F)(F)F)ccc3=O)cc2)nc1. The second-order valence-corrected chi connectivity index (χ2v) is 6.23. The van der Waals surface area contributed by atoms with Gasteiger partial charge in [0.1, 0.15) is 12.3 Å². The molecule has 3 aromatic rings. The first-order chi connectivity index (χ1) is 13.7. The number of aryl methyl sites for hydroxylation is 1. The van der Waals surface area contributed by atoms with Gasteiger partial charge in [0.25, 0.3) is 5.56 Å². The third-order valence-corrected chi connectivity index (χ3v) is 3.87. The molecule has 0 aliphatic carbocycles. The number of pyridine rings is 2. The zero-order valence-corrected chi connectivity index (χ0v) is 15.2. The molecule has 1 aromatic carbocycles. The Morgan fingerprint density at radius 2 is 1.83 bits per heavy atom. The quantitative estimate of drug-likeness (QED) is 0.699. The van der Waals surface area contributed by atoms with Crippen LogP contribution < -0.4 is 15.6 Å². The molecule has 0 saturated carbocycles. The van der Waals surface area contributed by atoms with Gasteiger partial charge in [-0.05, 0) is 42.8 Å². The van der Waals surface area contributed by atoms with Crippen LogP contribution in [-0.2, 0) is 17.5 Å². The van der Waals surface area contributed by atoms with E-state index in [1.54, 1.807) is 36.5 Å². The number of hydrogen-bond donors (Lipinski definition) is 1. The lowest BCUT2D eigenvalue weighted by Crippen LogP contribution is -2.28. The fourth-order valence-corrected chi connectivity index (χ4v) is 2.42. The van der Waals surface area contributed by atoms with Crippen LogP contribution in [0.3, 0.4) is 0 Å². The summed E-state index contributed by atoms with van der Waals surface area (Å²) >= 11 is 0. The Morgan fingerprint density at radius 1 is 1.10 bits per heavy atom. The highest BCUT2D eigenvalue weighted by molar-refractivity contribution is 5.90. The minimum Gasteiger partial charge on any atom is -0.439 e. The molecule has 0 atom stereocenters. The number of amides is 1. The van der Waals surface area contributed by atoms with E-state index in [4.69, 9.17) is 4.74 Å². The summed E-state index contributed by atoms with van der Waals surface area (Å²) < 4.78 is 44.6. The van der Waals surface area contributed by atoms with Gasteiger partial charge in [-0.2, -0.15) is 13.2 Å². The third-order valence-electron chi connectivity index (χ3n) is 3.87. The molecule has 29 heavy (non-hydrogen) atoms. The zero-order chi connectivity index (χ0) is 21.0. The molecule has 2 aromatic heterocycles. The van der Waals surface area contributed by atoms with Crippen molar-refractivity contribution < 1.29 is 22.7 Å². The lowest BCUT2D eigenvalue weighted by atomic mass is 10.2. The molecule has 150 valence electrons. The van der Waals surface area contributed by atoms with Crippen LogP contribution in [0.4, 0.5) is 18.9 Å². The standard InChI is InChI=1S/C20H16F3N3O3/c1-13-2-8-18(24-10-13)29-16-6-4-15(5-7-16)25-17(27)12-26-11-14(20(21,22)23)3-9-19(26)28/h2-11H,12H2,1H3,(H,25,27). The second-order valence-electron chi connectivity index (χ2n) is 6.23. The highest BCUT2D eigenvalue weighted by Gasteiger charge is 2.31. The van der Waals surface area contributed by atoms with Gasteiger partial charge in [-0.3, -0.25) is 9.59 Å². The van der Waals surface area contributed by atoms with Crippen molar-refractivity contribution in [3.8, 4) is 11.6 Å². The number of anilines is 1. The molecule has 1 amide bonds. The second kappa shape index (κ2) is 8.17. The van der Waals surface area contributed by atoms with Gasteiger partial charge < -0.3 is 14.6 Å². The van der Waals surface area contributed by atoms with E-state index in [1.807, 2.05) is 13.0 Å². The van der Waals surface area contributed by atoms with Crippen molar-refractivity contribution in [3.63, 3.8) is 0 Å². The first-order valence-corrected chi connectivity index (χ1v) is 8.49.